The molecule has 2 aromatic carbocycles. The Balaban J connectivity index is 1.45. The van der Waals surface area contributed by atoms with E-state index >= 15 is 0 Å². The highest BCUT2D eigenvalue weighted by molar-refractivity contribution is 6.06. The number of aromatic nitrogens is 4. The van der Waals surface area contributed by atoms with E-state index in [0.29, 0.717) is 23.7 Å². The summed E-state index contributed by atoms with van der Waals surface area (Å²) >= 11 is 0. The van der Waals surface area contributed by atoms with Crippen molar-refractivity contribution in [2.45, 2.75) is 46.1 Å². The first-order valence-corrected chi connectivity index (χ1v) is 11.4. The summed E-state index contributed by atoms with van der Waals surface area (Å²) in [6.45, 7) is 5.82. The Morgan fingerprint density at radius 1 is 1.03 bits per heavy atom. The highest BCUT2D eigenvalue weighted by Crippen LogP contribution is 2.32. The number of carbonyl (C=O) groups is 2. The molecule has 1 atom stereocenters. The van der Waals surface area contributed by atoms with Crippen LogP contribution in [0.5, 0.6) is 0 Å². The van der Waals surface area contributed by atoms with Crippen LogP contribution in [0.2, 0.25) is 0 Å². The maximum atomic E-state index is 13.6. The van der Waals surface area contributed by atoms with Crippen molar-refractivity contribution >= 4 is 29.0 Å². The zero-order valence-electron chi connectivity index (χ0n) is 19.4. The van der Waals surface area contributed by atoms with Crippen molar-refractivity contribution in [3.63, 3.8) is 0 Å². The summed E-state index contributed by atoms with van der Waals surface area (Å²) in [6, 6.07) is 16.7. The van der Waals surface area contributed by atoms with E-state index in [1.165, 1.54) is 0 Å². The number of aryl methyl sites for hydroxylation is 4. The van der Waals surface area contributed by atoms with Gasteiger partial charge in [0.1, 0.15) is 6.04 Å². The Labute approximate surface area is 197 Å². The Kier molecular flexibility index (Phi) is 5.57. The van der Waals surface area contributed by atoms with Crippen molar-refractivity contribution in [3.8, 4) is 0 Å². The molecule has 0 saturated heterocycles. The lowest BCUT2D eigenvalue weighted by Gasteiger charge is -2.36. The molecule has 172 valence electrons. The predicted molar refractivity (Wildman–Crippen MR) is 130 cm³/mol. The Hall–Kier alpha value is -4.07. The van der Waals surface area contributed by atoms with Crippen molar-refractivity contribution in [2.75, 3.05) is 10.2 Å². The maximum absolute atomic E-state index is 13.6. The molecule has 0 bridgehead atoms. The van der Waals surface area contributed by atoms with Crippen LogP contribution in [-0.2, 0) is 22.4 Å². The number of nitrogens with one attached hydrogen (secondary N) is 1. The first kappa shape index (κ1) is 21.8. The van der Waals surface area contributed by atoms with Crippen molar-refractivity contribution in [2.24, 2.45) is 0 Å². The fraction of sp³-hybridized carbons (Fsp3) is 0.269. The molecule has 5 rings (SSSR count). The molecule has 1 unspecified atom stereocenters. The molecule has 0 aliphatic carbocycles. The SMILES string of the molecule is Cc1ccc(NC(=O)C2CCc3ccccc3N2C(=O)Cc2nc3nc(C)cc(C)n3n2)cc1. The zero-order valence-corrected chi connectivity index (χ0v) is 19.4. The second-order valence-corrected chi connectivity index (χ2v) is 8.76. The van der Waals surface area contributed by atoms with Crippen LogP contribution in [0.1, 0.15) is 34.8 Å². The fourth-order valence-corrected chi connectivity index (χ4v) is 4.47. The van der Waals surface area contributed by atoms with Crippen LogP contribution in [0.25, 0.3) is 5.78 Å². The van der Waals surface area contributed by atoms with Crippen LogP contribution >= 0.6 is 0 Å². The van der Waals surface area contributed by atoms with E-state index in [4.69, 9.17) is 0 Å². The van der Waals surface area contributed by atoms with Gasteiger partial charge in [-0.1, -0.05) is 35.9 Å². The van der Waals surface area contributed by atoms with Gasteiger partial charge in [0.15, 0.2) is 5.82 Å². The second-order valence-electron chi connectivity index (χ2n) is 8.76. The summed E-state index contributed by atoms with van der Waals surface area (Å²) in [5.74, 6) is 0.421. The smallest absolute Gasteiger partial charge is 0.252 e. The minimum Gasteiger partial charge on any atom is -0.324 e. The van der Waals surface area contributed by atoms with E-state index in [1.54, 1.807) is 9.42 Å². The monoisotopic (exact) mass is 454 g/mol. The number of fused-ring (bicyclic) bond motifs is 2. The van der Waals surface area contributed by atoms with E-state index in [9.17, 15) is 9.59 Å². The molecule has 1 N–H and O–H groups in total. The minimum atomic E-state index is -0.622. The highest BCUT2D eigenvalue weighted by Gasteiger charge is 2.36. The quantitative estimate of drug-likeness (QED) is 0.509. The zero-order chi connectivity index (χ0) is 23.8. The summed E-state index contributed by atoms with van der Waals surface area (Å²) in [5.41, 5.74) is 5.37. The van der Waals surface area contributed by atoms with Gasteiger partial charge in [0, 0.05) is 22.8 Å². The van der Waals surface area contributed by atoms with Crippen LogP contribution in [0, 0.1) is 20.8 Å². The molecule has 1 aliphatic heterocycles. The predicted octanol–water partition coefficient (Wildman–Crippen LogP) is 3.58. The van der Waals surface area contributed by atoms with Crippen LogP contribution in [0.3, 0.4) is 0 Å². The molecule has 1 aliphatic rings. The molecule has 0 fully saturated rings. The molecule has 2 amide bonds. The molecule has 4 aromatic rings. The summed E-state index contributed by atoms with van der Waals surface area (Å²) in [5, 5.41) is 7.46. The largest absolute Gasteiger partial charge is 0.324 e. The number of hydrogen-bond acceptors (Lipinski definition) is 5. The highest BCUT2D eigenvalue weighted by atomic mass is 16.2. The first-order chi connectivity index (χ1) is 16.4. The molecule has 8 heteroatoms. The normalized spacial score (nSPS) is 15.3. The number of benzene rings is 2. The average molecular weight is 455 g/mol. The fourth-order valence-electron chi connectivity index (χ4n) is 4.47. The van der Waals surface area contributed by atoms with Gasteiger partial charge in [-0.3, -0.25) is 14.5 Å². The van der Waals surface area contributed by atoms with Gasteiger partial charge >= 0.3 is 0 Å². The van der Waals surface area contributed by atoms with Gasteiger partial charge in [0.2, 0.25) is 11.8 Å². The van der Waals surface area contributed by atoms with Crippen molar-refractivity contribution < 1.29 is 9.59 Å². The molecule has 34 heavy (non-hydrogen) atoms. The van der Waals surface area contributed by atoms with Gasteiger partial charge in [0.05, 0.1) is 6.42 Å². The van der Waals surface area contributed by atoms with Gasteiger partial charge < -0.3 is 5.32 Å². The number of hydrogen-bond donors (Lipinski definition) is 1. The number of rotatable bonds is 4. The molecule has 0 spiro atoms. The lowest BCUT2D eigenvalue weighted by Crippen LogP contribution is -2.50. The summed E-state index contributed by atoms with van der Waals surface area (Å²) in [6.07, 6.45) is 1.24. The number of para-hydroxylation sites is 1. The number of carbonyl (C=O) groups excluding carboxylic acids is 2. The Bertz CT molecular complexity index is 1390. The average Bonchev–Trinajstić information content (AvgIpc) is 3.22. The molecular formula is C26H26N6O2. The minimum absolute atomic E-state index is 0.0233. The third kappa shape index (κ3) is 4.14. The van der Waals surface area contributed by atoms with Crippen molar-refractivity contribution in [1.29, 1.82) is 0 Å². The van der Waals surface area contributed by atoms with E-state index in [0.717, 1.165) is 34.6 Å². The summed E-state index contributed by atoms with van der Waals surface area (Å²) in [4.78, 5) is 37.4. The molecule has 0 saturated carbocycles. The maximum Gasteiger partial charge on any atom is 0.252 e. The van der Waals surface area contributed by atoms with Gasteiger partial charge in [-0.25, -0.2) is 9.50 Å². The topological polar surface area (TPSA) is 92.5 Å². The molecule has 2 aromatic heterocycles. The molecule has 0 radical (unpaired) electrons. The summed E-state index contributed by atoms with van der Waals surface area (Å²) in [7, 11) is 0. The van der Waals surface area contributed by atoms with Gasteiger partial charge in [0.25, 0.3) is 5.78 Å². The number of nitrogens with zero attached hydrogens (tertiary/aromatic N) is 5. The summed E-state index contributed by atoms with van der Waals surface area (Å²) < 4.78 is 1.64. The molecule has 8 nitrogen and oxygen atoms in total. The lowest BCUT2D eigenvalue weighted by atomic mass is 9.94. The molecule has 3 heterocycles. The molecular weight excluding hydrogens is 428 g/mol. The van der Waals surface area contributed by atoms with Gasteiger partial charge in [-0.15, -0.1) is 5.10 Å². The lowest BCUT2D eigenvalue weighted by molar-refractivity contribution is -0.123. The van der Waals surface area contributed by atoms with Crippen LogP contribution < -0.4 is 10.2 Å². The standard InChI is InChI=1S/C26H26N6O2/c1-16-8-11-20(12-9-16)28-25(34)22-13-10-19-6-4-5-7-21(19)31(22)24(33)15-23-29-26-27-17(2)14-18(3)32(26)30-23/h4-9,11-12,14,22H,10,13,15H2,1-3H3,(H,28,34). The first-order valence-electron chi connectivity index (χ1n) is 11.4. The number of amides is 2. The number of anilines is 2. The van der Waals surface area contributed by atoms with E-state index in [2.05, 4.69) is 20.4 Å². The van der Waals surface area contributed by atoms with Crippen LogP contribution in [0.15, 0.2) is 54.6 Å². The Morgan fingerprint density at radius 2 is 1.79 bits per heavy atom. The van der Waals surface area contributed by atoms with Gasteiger partial charge in [-0.2, -0.15) is 4.98 Å². The van der Waals surface area contributed by atoms with Gasteiger partial charge in [-0.05, 0) is 63.4 Å². The second kappa shape index (κ2) is 8.70. The Morgan fingerprint density at radius 3 is 2.59 bits per heavy atom. The van der Waals surface area contributed by atoms with Crippen molar-refractivity contribution in [1.82, 2.24) is 19.6 Å². The third-order valence-corrected chi connectivity index (χ3v) is 6.11. The van der Waals surface area contributed by atoms with E-state index in [-0.39, 0.29) is 18.2 Å². The van der Waals surface area contributed by atoms with Crippen LogP contribution in [0.4, 0.5) is 11.4 Å². The van der Waals surface area contributed by atoms with Crippen LogP contribution in [-0.4, -0.2) is 37.4 Å². The third-order valence-electron chi connectivity index (χ3n) is 6.11. The van der Waals surface area contributed by atoms with E-state index in [1.807, 2.05) is 75.4 Å². The van der Waals surface area contributed by atoms with E-state index < -0.39 is 6.04 Å². The van der Waals surface area contributed by atoms with Crippen molar-refractivity contribution in [3.05, 3.63) is 82.9 Å².